The Bertz CT molecular complexity index is 1150. The van der Waals surface area contributed by atoms with Crippen molar-refractivity contribution in [2.75, 3.05) is 13.2 Å². The Labute approximate surface area is 183 Å². The van der Waals surface area contributed by atoms with Crippen molar-refractivity contribution in [1.29, 1.82) is 0 Å². The van der Waals surface area contributed by atoms with Gasteiger partial charge in [-0.1, -0.05) is 67.4 Å². The van der Waals surface area contributed by atoms with Gasteiger partial charge in [-0.05, 0) is 36.6 Å². The van der Waals surface area contributed by atoms with Crippen LogP contribution in [0.15, 0.2) is 72.8 Å². The summed E-state index contributed by atoms with van der Waals surface area (Å²) in [6, 6.07) is 25.7. The van der Waals surface area contributed by atoms with E-state index in [-0.39, 0.29) is 12.1 Å². The lowest BCUT2D eigenvalue weighted by Gasteiger charge is -2.28. The summed E-state index contributed by atoms with van der Waals surface area (Å²) in [6.45, 7) is 2.15. The number of para-hydroxylation sites is 1. The second kappa shape index (κ2) is 9.13. The van der Waals surface area contributed by atoms with Gasteiger partial charge in [-0.2, -0.15) is 0 Å². The Kier molecular flexibility index (Phi) is 5.92. The summed E-state index contributed by atoms with van der Waals surface area (Å²) < 4.78 is 8.64. The molecule has 1 aliphatic carbocycles. The summed E-state index contributed by atoms with van der Waals surface area (Å²) >= 11 is 0. The van der Waals surface area contributed by atoms with E-state index in [4.69, 9.17) is 4.74 Å². The van der Waals surface area contributed by atoms with Crippen LogP contribution in [0.3, 0.4) is 0 Å². The van der Waals surface area contributed by atoms with E-state index < -0.39 is 0 Å². The Morgan fingerprint density at radius 3 is 2.52 bits per heavy atom. The van der Waals surface area contributed by atoms with Gasteiger partial charge < -0.3 is 19.7 Å². The molecule has 0 saturated heterocycles. The van der Waals surface area contributed by atoms with Crippen LogP contribution in [0.25, 0.3) is 21.8 Å². The molecule has 2 atom stereocenters. The lowest BCUT2D eigenvalue weighted by atomic mass is 9.93. The SMILES string of the molecule is O[C@H]1CCCC[C@@H]1NCCOc1cccc2c1c1ccccc1n2Cc1ccccc1. The maximum absolute atomic E-state index is 10.2. The lowest BCUT2D eigenvalue weighted by molar-refractivity contribution is 0.0890. The average Bonchev–Trinajstić information content (AvgIpc) is 3.13. The molecule has 5 rings (SSSR count). The fourth-order valence-electron chi connectivity index (χ4n) is 4.88. The highest BCUT2D eigenvalue weighted by molar-refractivity contribution is 6.11. The molecule has 0 amide bonds. The number of nitrogens with one attached hydrogen (secondary N) is 1. The van der Waals surface area contributed by atoms with Crippen LogP contribution >= 0.6 is 0 Å². The van der Waals surface area contributed by atoms with Crippen LogP contribution in [-0.4, -0.2) is 35.0 Å². The standard InChI is InChI=1S/C27H30N2O2/c30-25-15-7-5-12-22(25)28-17-18-31-26-16-8-14-24-27(26)21-11-4-6-13-23(21)29(24)19-20-9-2-1-3-10-20/h1-4,6,8-11,13-14,16,22,25,28,30H,5,7,12,15,17-19H2/t22-,25-/m0/s1. The molecule has 0 unspecified atom stereocenters. The van der Waals surface area contributed by atoms with E-state index in [9.17, 15) is 5.11 Å². The highest BCUT2D eigenvalue weighted by Gasteiger charge is 2.22. The monoisotopic (exact) mass is 414 g/mol. The first kappa shape index (κ1) is 20.1. The highest BCUT2D eigenvalue weighted by atomic mass is 16.5. The molecule has 4 aromatic rings. The van der Waals surface area contributed by atoms with E-state index in [0.717, 1.165) is 38.1 Å². The van der Waals surface area contributed by atoms with Gasteiger partial charge in [0.15, 0.2) is 0 Å². The first-order valence-corrected chi connectivity index (χ1v) is 11.4. The first-order valence-electron chi connectivity index (χ1n) is 11.4. The molecule has 1 aromatic heterocycles. The maximum Gasteiger partial charge on any atom is 0.129 e. The second-order valence-electron chi connectivity index (χ2n) is 8.50. The molecule has 31 heavy (non-hydrogen) atoms. The third kappa shape index (κ3) is 4.18. The summed E-state index contributed by atoms with van der Waals surface area (Å²) in [6.07, 6.45) is 4.04. The van der Waals surface area contributed by atoms with Gasteiger partial charge >= 0.3 is 0 Å². The molecular weight excluding hydrogens is 384 g/mol. The molecule has 0 spiro atoms. The molecule has 0 aliphatic heterocycles. The summed E-state index contributed by atoms with van der Waals surface area (Å²) in [7, 11) is 0. The van der Waals surface area contributed by atoms with Crippen LogP contribution in [0.4, 0.5) is 0 Å². The molecule has 1 fully saturated rings. The Hall–Kier alpha value is -2.82. The van der Waals surface area contributed by atoms with Gasteiger partial charge in [0, 0.05) is 35.4 Å². The number of nitrogens with zero attached hydrogens (tertiary/aromatic N) is 1. The van der Waals surface area contributed by atoms with E-state index in [1.54, 1.807) is 0 Å². The highest BCUT2D eigenvalue weighted by Crippen LogP contribution is 2.36. The number of aliphatic hydroxyl groups excluding tert-OH is 1. The number of aromatic nitrogens is 1. The zero-order valence-electron chi connectivity index (χ0n) is 17.8. The van der Waals surface area contributed by atoms with Crippen LogP contribution < -0.4 is 10.1 Å². The fraction of sp³-hybridized carbons (Fsp3) is 0.333. The summed E-state index contributed by atoms with van der Waals surface area (Å²) in [5.74, 6) is 0.923. The van der Waals surface area contributed by atoms with Gasteiger partial charge in [0.05, 0.1) is 11.6 Å². The predicted molar refractivity (Wildman–Crippen MR) is 127 cm³/mol. The van der Waals surface area contributed by atoms with Gasteiger partial charge in [0.2, 0.25) is 0 Å². The molecule has 3 aromatic carbocycles. The number of rotatable bonds is 7. The fourth-order valence-corrected chi connectivity index (χ4v) is 4.88. The Balaban J connectivity index is 1.40. The van der Waals surface area contributed by atoms with Crippen molar-refractivity contribution in [2.45, 2.75) is 44.4 Å². The van der Waals surface area contributed by atoms with E-state index >= 15 is 0 Å². The molecule has 0 bridgehead atoms. The van der Waals surface area contributed by atoms with Crippen molar-refractivity contribution >= 4 is 21.8 Å². The number of ether oxygens (including phenoxy) is 1. The largest absolute Gasteiger partial charge is 0.492 e. The van der Waals surface area contributed by atoms with Crippen molar-refractivity contribution in [3.63, 3.8) is 0 Å². The van der Waals surface area contributed by atoms with Gasteiger partial charge in [0.1, 0.15) is 12.4 Å². The molecule has 160 valence electrons. The Morgan fingerprint density at radius 2 is 1.65 bits per heavy atom. The van der Waals surface area contributed by atoms with Crippen LogP contribution in [0.1, 0.15) is 31.2 Å². The zero-order valence-corrected chi connectivity index (χ0v) is 17.8. The molecule has 0 radical (unpaired) electrons. The van der Waals surface area contributed by atoms with Gasteiger partial charge in [0.25, 0.3) is 0 Å². The molecule has 1 saturated carbocycles. The van der Waals surface area contributed by atoms with Crippen molar-refractivity contribution in [2.24, 2.45) is 0 Å². The third-order valence-corrected chi connectivity index (χ3v) is 6.44. The molecule has 2 N–H and O–H groups in total. The smallest absolute Gasteiger partial charge is 0.129 e. The van der Waals surface area contributed by atoms with E-state index in [1.807, 2.05) is 0 Å². The van der Waals surface area contributed by atoms with E-state index in [2.05, 4.69) is 82.7 Å². The van der Waals surface area contributed by atoms with Crippen molar-refractivity contribution in [3.05, 3.63) is 78.4 Å². The molecule has 1 heterocycles. The molecule has 4 heteroatoms. The average molecular weight is 415 g/mol. The molecule has 4 nitrogen and oxygen atoms in total. The zero-order chi connectivity index (χ0) is 21.0. The summed E-state index contributed by atoms with van der Waals surface area (Å²) in [5, 5.41) is 16.0. The Morgan fingerprint density at radius 1 is 0.871 bits per heavy atom. The first-order chi connectivity index (χ1) is 15.3. The molecule has 1 aliphatic rings. The van der Waals surface area contributed by atoms with Crippen LogP contribution in [0, 0.1) is 0 Å². The van der Waals surface area contributed by atoms with Crippen molar-refractivity contribution in [1.82, 2.24) is 9.88 Å². The summed E-state index contributed by atoms with van der Waals surface area (Å²) in [4.78, 5) is 0. The number of benzene rings is 3. The van der Waals surface area contributed by atoms with E-state index in [1.165, 1.54) is 33.8 Å². The predicted octanol–water partition coefficient (Wildman–Crippen LogP) is 5.11. The quantitative estimate of drug-likeness (QED) is 0.413. The van der Waals surface area contributed by atoms with Crippen LogP contribution in [0.2, 0.25) is 0 Å². The van der Waals surface area contributed by atoms with E-state index in [0.29, 0.717) is 6.61 Å². The van der Waals surface area contributed by atoms with Crippen LogP contribution in [-0.2, 0) is 6.54 Å². The minimum atomic E-state index is -0.229. The lowest BCUT2D eigenvalue weighted by Crippen LogP contribution is -2.43. The van der Waals surface area contributed by atoms with Crippen molar-refractivity contribution < 1.29 is 9.84 Å². The third-order valence-electron chi connectivity index (χ3n) is 6.44. The number of hydrogen-bond donors (Lipinski definition) is 2. The normalized spacial score (nSPS) is 19.1. The molecular formula is C27H30N2O2. The topological polar surface area (TPSA) is 46.4 Å². The maximum atomic E-state index is 10.2. The second-order valence-corrected chi connectivity index (χ2v) is 8.50. The minimum absolute atomic E-state index is 0.195. The van der Waals surface area contributed by atoms with Gasteiger partial charge in [-0.25, -0.2) is 0 Å². The van der Waals surface area contributed by atoms with Crippen LogP contribution in [0.5, 0.6) is 5.75 Å². The van der Waals surface area contributed by atoms with Crippen molar-refractivity contribution in [3.8, 4) is 5.75 Å². The summed E-state index contributed by atoms with van der Waals surface area (Å²) in [5.41, 5.74) is 3.70. The van der Waals surface area contributed by atoms with Gasteiger partial charge in [-0.3, -0.25) is 0 Å². The number of hydrogen-bond acceptors (Lipinski definition) is 3. The van der Waals surface area contributed by atoms with Gasteiger partial charge in [-0.15, -0.1) is 0 Å². The number of fused-ring (bicyclic) bond motifs is 3. The number of aliphatic hydroxyl groups is 1. The minimum Gasteiger partial charge on any atom is -0.492 e.